The Balaban J connectivity index is 1.88. The zero-order valence-corrected chi connectivity index (χ0v) is 30.4. The second-order valence-corrected chi connectivity index (χ2v) is 13.5. The quantitative estimate of drug-likeness (QED) is 0.0404. The highest BCUT2D eigenvalue weighted by atomic mass is 16.5. The van der Waals surface area contributed by atoms with E-state index in [1.54, 1.807) is 0 Å². The van der Waals surface area contributed by atoms with Gasteiger partial charge in [-0.25, -0.2) is 0 Å². The lowest BCUT2D eigenvalue weighted by atomic mass is 10.1. The number of carbonyl (C=O) groups is 1. The Labute approximate surface area is 281 Å². The highest BCUT2D eigenvalue weighted by Crippen LogP contribution is 2.14. The number of ether oxygens (including phenoxy) is 1. The Bertz CT molecular complexity index is 729. The number of carbonyl (C=O) groups excluding carboxylic acids is 1. The Morgan fingerprint density at radius 2 is 1.02 bits per heavy atom. The summed E-state index contributed by atoms with van der Waals surface area (Å²) in [6, 6.07) is 0. The Morgan fingerprint density at radius 3 is 1.51 bits per heavy atom. The summed E-state index contributed by atoms with van der Waals surface area (Å²) in [5.41, 5.74) is 0. The molecular weight excluding hydrogens is 552 g/mol. The molecule has 1 rings (SSSR count). The van der Waals surface area contributed by atoms with Crippen molar-refractivity contribution in [2.45, 2.75) is 200 Å². The lowest BCUT2D eigenvalue weighted by molar-refractivity contribution is -0.143. The number of aliphatic imine (C=N–C) groups is 1. The van der Waals surface area contributed by atoms with Crippen LogP contribution >= 0.6 is 0 Å². The summed E-state index contributed by atoms with van der Waals surface area (Å²) in [5.74, 6) is 1.21. The van der Waals surface area contributed by atoms with Gasteiger partial charge in [-0.3, -0.25) is 9.79 Å². The fourth-order valence-corrected chi connectivity index (χ4v) is 6.22. The topological polar surface area (TPSA) is 41.9 Å². The van der Waals surface area contributed by atoms with E-state index in [-0.39, 0.29) is 5.97 Å². The third-order valence-electron chi connectivity index (χ3n) is 9.21. The van der Waals surface area contributed by atoms with Gasteiger partial charge in [0.1, 0.15) is 6.61 Å². The van der Waals surface area contributed by atoms with Crippen LogP contribution in [0.25, 0.3) is 0 Å². The second kappa shape index (κ2) is 33.8. The molecule has 0 fully saturated rings. The predicted molar refractivity (Wildman–Crippen MR) is 198 cm³/mol. The Morgan fingerprint density at radius 1 is 0.600 bits per heavy atom. The third kappa shape index (κ3) is 28.4. The van der Waals surface area contributed by atoms with Gasteiger partial charge in [0.15, 0.2) is 0 Å². The van der Waals surface area contributed by atoms with Crippen molar-refractivity contribution in [3.63, 3.8) is 0 Å². The van der Waals surface area contributed by atoms with Gasteiger partial charge in [-0.2, -0.15) is 0 Å². The molecule has 4 heteroatoms. The molecule has 0 atom stereocenters. The molecule has 0 spiro atoms. The molecule has 0 aromatic carbocycles. The number of esters is 1. The third-order valence-corrected chi connectivity index (χ3v) is 9.21. The van der Waals surface area contributed by atoms with Crippen LogP contribution in [0.15, 0.2) is 29.3 Å². The smallest absolute Gasteiger partial charge is 0.305 e. The van der Waals surface area contributed by atoms with Crippen LogP contribution in [0.3, 0.4) is 0 Å². The highest BCUT2D eigenvalue weighted by molar-refractivity contribution is 5.83. The Hall–Kier alpha value is -1.58. The monoisotopic (exact) mass is 629 g/mol. The number of hydrogen-bond donors (Lipinski definition) is 0. The molecule has 0 amide bonds. The molecule has 4 nitrogen and oxygen atoms in total. The molecule has 0 radical (unpaired) electrons. The maximum atomic E-state index is 12.2. The van der Waals surface area contributed by atoms with Crippen LogP contribution in [0, 0.1) is 0 Å². The number of allylic oxidation sites excluding steroid dienone is 4. The van der Waals surface area contributed by atoms with Gasteiger partial charge in [0.25, 0.3) is 0 Å². The van der Waals surface area contributed by atoms with Crippen molar-refractivity contribution < 1.29 is 9.53 Å². The normalized spacial score (nSPS) is 13.5. The lowest BCUT2D eigenvalue weighted by Gasteiger charge is -2.20. The van der Waals surface area contributed by atoms with E-state index in [4.69, 9.17) is 9.73 Å². The van der Waals surface area contributed by atoms with E-state index < -0.39 is 0 Å². The van der Waals surface area contributed by atoms with Crippen molar-refractivity contribution in [3.05, 3.63) is 24.3 Å². The average Bonchev–Trinajstić information content (AvgIpc) is 3.49. The number of nitrogens with zero attached hydrogens (tertiary/aromatic N) is 2. The van der Waals surface area contributed by atoms with Crippen LogP contribution < -0.4 is 0 Å². The molecule has 0 aromatic heterocycles. The van der Waals surface area contributed by atoms with E-state index >= 15 is 0 Å². The Kier molecular flexibility index (Phi) is 31.1. The van der Waals surface area contributed by atoms with E-state index in [1.807, 2.05) is 0 Å². The second-order valence-electron chi connectivity index (χ2n) is 13.5. The standard InChI is InChI=1S/C41H76N2O2/c1-3-5-7-9-11-13-15-17-19-21-22-24-26-28-30-32-34-40-42-36-37-43(40)38-39-45-41(44)35-33-31-29-27-25-23-20-18-16-14-12-10-8-6-4-2/h17-20H,3-16,21-39H2,1-2H3. The van der Waals surface area contributed by atoms with Crippen molar-refractivity contribution in [1.82, 2.24) is 4.90 Å². The van der Waals surface area contributed by atoms with Crippen LogP contribution in [-0.4, -0.2) is 42.9 Å². The molecule has 0 saturated heterocycles. The minimum absolute atomic E-state index is 0.0291. The first kappa shape index (κ1) is 41.4. The van der Waals surface area contributed by atoms with Crippen LogP contribution in [0.4, 0.5) is 0 Å². The molecule has 0 bridgehead atoms. The van der Waals surface area contributed by atoms with E-state index in [0.29, 0.717) is 13.0 Å². The minimum atomic E-state index is -0.0291. The van der Waals surface area contributed by atoms with Crippen molar-refractivity contribution in [1.29, 1.82) is 0 Å². The fourth-order valence-electron chi connectivity index (χ4n) is 6.22. The van der Waals surface area contributed by atoms with E-state index in [1.165, 1.54) is 166 Å². The largest absolute Gasteiger partial charge is 0.464 e. The molecule has 0 saturated carbocycles. The zero-order chi connectivity index (χ0) is 32.3. The van der Waals surface area contributed by atoms with Crippen LogP contribution in [-0.2, 0) is 9.53 Å². The first-order valence-electron chi connectivity index (χ1n) is 20.0. The van der Waals surface area contributed by atoms with Gasteiger partial charge < -0.3 is 9.64 Å². The highest BCUT2D eigenvalue weighted by Gasteiger charge is 2.16. The van der Waals surface area contributed by atoms with Crippen LogP contribution in [0.5, 0.6) is 0 Å². The maximum Gasteiger partial charge on any atom is 0.305 e. The van der Waals surface area contributed by atoms with Crippen molar-refractivity contribution in [2.75, 3.05) is 26.2 Å². The van der Waals surface area contributed by atoms with Gasteiger partial charge in [-0.1, -0.05) is 147 Å². The van der Waals surface area contributed by atoms with Crippen molar-refractivity contribution >= 4 is 11.8 Å². The summed E-state index contributed by atoms with van der Waals surface area (Å²) in [4.78, 5) is 19.3. The van der Waals surface area contributed by atoms with Crippen LogP contribution in [0.1, 0.15) is 200 Å². The molecular formula is C41H76N2O2. The molecule has 0 N–H and O–H groups in total. The summed E-state index contributed by atoms with van der Waals surface area (Å²) in [6.07, 6.45) is 46.6. The number of hydrogen-bond acceptors (Lipinski definition) is 4. The first-order chi connectivity index (χ1) is 22.3. The first-order valence-corrected chi connectivity index (χ1v) is 20.0. The van der Waals surface area contributed by atoms with Crippen molar-refractivity contribution in [3.8, 4) is 0 Å². The molecule has 262 valence electrons. The number of rotatable bonds is 34. The predicted octanol–water partition coefficient (Wildman–Crippen LogP) is 12.7. The SMILES string of the molecule is CCCCCCCCC=CCCCCCCCCC1=NCCN1CCOC(=O)CCCCCCCC=CCCCCCCCC. The van der Waals surface area contributed by atoms with Crippen LogP contribution in [0.2, 0.25) is 0 Å². The number of unbranched alkanes of at least 4 members (excludes halogenated alkanes) is 23. The molecule has 0 aromatic rings. The van der Waals surface area contributed by atoms with Gasteiger partial charge in [0.2, 0.25) is 0 Å². The molecule has 1 heterocycles. The molecule has 45 heavy (non-hydrogen) atoms. The van der Waals surface area contributed by atoms with Gasteiger partial charge in [-0.15, -0.1) is 0 Å². The average molecular weight is 629 g/mol. The summed E-state index contributed by atoms with van der Waals surface area (Å²) in [7, 11) is 0. The summed E-state index contributed by atoms with van der Waals surface area (Å²) >= 11 is 0. The van der Waals surface area contributed by atoms with E-state index in [2.05, 4.69) is 43.1 Å². The molecule has 0 aliphatic carbocycles. The van der Waals surface area contributed by atoms with Gasteiger partial charge in [0.05, 0.1) is 18.9 Å². The number of amidine groups is 1. The van der Waals surface area contributed by atoms with Gasteiger partial charge in [0, 0.05) is 19.4 Å². The fraction of sp³-hybridized carbons (Fsp3) is 0.854. The van der Waals surface area contributed by atoms with Gasteiger partial charge >= 0.3 is 5.97 Å². The molecule has 0 unspecified atom stereocenters. The molecule has 1 aliphatic heterocycles. The maximum absolute atomic E-state index is 12.2. The van der Waals surface area contributed by atoms with E-state index in [0.717, 1.165) is 38.9 Å². The minimum Gasteiger partial charge on any atom is -0.464 e. The van der Waals surface area contributed by atoms with Crippen molar-refractivity contribution in [2.24, 2.45) is 4.99 Å². The summed E-state index contributed by atoms with van der Waals surface area (Å²) < 4.78 is 5.56. The lowest BCUT2D eigenvalue weighted by Crippen LogP contribution is -2.31. The molecule has 1 aliphatic rings. The summed E-state index contributed by atoms with van der Waals surface area (Å²) in [6.45, 7) is 7.73. The zero-order valence-electron chi connectivity index (χ0n) is 30.4. The van der Waals surface area contributed by atoms with Gasteiger partial charge in [-0.05, 0) is 64.2 Å². The van der Waals surface area contributed by atoms with E-state index in [9.17, 15) is 4.79 Å². The summed E-state index contributed by atoms with van der Waals surface area (Å²) in [5, 5.41) is 0.